The SMILES string of the molecule is CC1=C(C(=O)OC(C)C)C(c2ccccc2OCc2ccc(C)cc2)n2nnnc2N1. The number of carbonyl (C=O) groups is 1. The average molecular weight is 419 g/mol. The minimum atomic E-state index is -0.577. The summed E-state index contributed by atoms with van der Waals surface area (Å²) >= 11 is 0. The van der Waals surface area contributed by atoms with E-state index in [1.165, 1.54) is 5.56 Å². The van der Waals surface area contributed by atoms with Crippen LogP contribution in [0.5, 0.6) is 5.75 Å². The fraction of sp³-hybridized carbons (Fsp3) is 0.304. The number of aryl methyl sites for hydroxylation is 1. The van der Waals surface area contributed by atoms with E-state index in [1.807, 2.05) is 64.1 Å². The van der Waals surface area contributed by atoms with Gasteiger partial charge in [-0.2, -0.15) is 4.68 Å². The van der Waals surface area contributed by atoms with E-state index >= 15 is 0 Å². The van der Waals surface area contributed by atoms with Crippen molar-refractivity contribution in [1.29, 1.82) is 0 Å². The van der Waals surface area contributed by atoms with Crippen molar-refractivity contribution in [3.8, 4) is 5.75 Å². The average Bonchev–Trinajstić information content (AvgIpc) is 3.20. The van der Waals surface area contributed by atoms with Gasteiger partial charge in [-0.1, -0.05) is 53.1 Å². The quantitative estimate of drug-likeness (QED) is 0.608. The topological polar surface area (TPSA) is 91.2 Å². The summed E-state index contributed by atoms with van der Waals surface area (Å²) in [6.45, 7) is 7.91. The van der Waals surface area contributed by atoms with Gasteiger partial charge in [0.15, 0.2) is 0 Å². The largest absolute Gasteiger partial charge is 0.489 e. The highest BCUT2D eigenvalue weighted by atomic mass is 16.5. The Labute approximate surface area is 180 Å². The summed E-state index contributed by atoms with van der Waals surface area (Å²) in [6, 6.07) is 15.2. The number of allylic oxidation sites excluding steroid dienone is 1. The summed E-state index contributed by atoms with van der Waals surface area (Å²) in [5, 5.41) is 15.0. The van der Waals surface area contributed by atoms with Gasteiger partial charge in [-0.15, -0.1) is 0 Å². The van der Waals surface area contributed by atoms with E-state index < -0.39 is 12.0 Å². The van der Waals surface area contributed by atoms with Crippen LogP contribution < -0.4 is 10.1 Å². The third-order valence-corrected chi connectivity index (χ3v) is 5.01. The minimum absolute atomic E-state index is 0.253. The van der Waals surface area contributed by atoms with Crippen LogP contribution in [0, 0.1) is 6.92 Å². The molecule has 2 heterocycles. The minimum Gasteiger partial charge on any atom is -0.489 e. The Balaban J connectivity index is 1.72. The molecule has 3 aromatic rings. The smallest absolute Gasteiger partial charge is 0.338 e. The second kappa shape index (κ2) is 8.59. The van der Waals surface area contributed by atoms with Crippen molar-refractivity contribution in [3.63, 3.8) is 0 Å². The third kappa shape index (κ3) is 4.28. The first-order chi connectivity index (χ1) is 14.9. The Morgan fingerprint density at radius 2 is 1.87 bits per heavy atom. The molecule has 1 aliphatic heterocycles. The standard InChI is InChI=1S/C23H25N5O3/c1-14(2)31-22(29)20-16(4)24-23-25-26-27-28(23)21(20)18-7-5-6-8-19(18)30-13-17-11-9-15(3)10-12-17/h5-12,14,21H,13H2,1-4H3,(H,24,25,27). The summed E-state index contributed by atoms with van der Waals surface area (Å²) in [5.74, 6) is 0.690. The van der Waals surface area contributed by atoms with Crippen molar-refractivity contribution in [1.82, 2.24) is 20.2 Å². The lowest BCUT2D eigenvalue weighted by Gasteiger charge is -2.29. The van der Waals surface area contributed by atoms with Crippen molar-refractivity contribution in [2.24, 2.45) is 0 Å². The Kier molecular flexibility index (Phi) is 5.70. The van der Waals surface area contributed by atoms with E-state index in [-0.39, 0.29) is 6.10 Å². The van der Waals surface area contributed by atoms with Gasteiger partial charge in [-0.3, -0.25) is 0 Å². The predicted molar refractivity (Wildman–Crippen MR) is 115 cm³/mol. The second-order valence-electron chi connectivity index (χ2n) is 7.78. The maximum Gasteiger partial charge on any atom is 0.338 e. The molecule has 1 atom stereocenters. The second-order valence-corrected chi connectivity index (χ2v) is 7.78. The lowest BCUT2D eigenvalue weighted by molar-refractivity contribution is -0.143. The molecule has 0 radical (unpaired) electrons. The summed E-state index contributed by atoms with van der Waals surface area (Å²) in [6.07, 6.45) is -0.253. The van der Waals surface area contributed by atoms with Gasteiger partial charge in [0.2, 0.25) is 5.95 Å². The fourth-order valence-corrected chi connectivity index (χ4v) is 3.53. The molecular formula is C23H25N5O3. The van der Waals surface area contributed by atoms with E-state index in [1.54, 1.807) is 4.68 Å². The van der Waals surface area contributed by atoms with Crippen molar-refractivity contribution < 1.29 is 14.3 Å². The summed E-state index contributed by atoms with van der Waals surface area (Å²) in [4.78, 5) is 13.0. The van der Waals surface area contributed by atoms with E-state index in [0.29, 0.717) is 29.6 Å². The molecule has 0 saturated carbocycles. The zero-order chi connectivity index (χ0) is 22.0. The van der Waals surface area contributed by atoms with E-state index in [4.69, 9.17) is 9.47 Å². The monoisotopic (exact) mass is 419 g/mol. The normalized spacial score (nSPS) is 15.5. The number of ether oxygens (including phenoxy) is 2. The first-order valence-electron chi connectivity index (χ1n) is 10.2. The zero-order valence-corrected chi connectivity index (χ0v) is 18.0. The van der Waals surface area contributed by atoms with E-state index in [2.05, 4.69) is 33.0 Å². The van der Waals surface area contributed by atoms with E-state index in [0.717, 1.165) is 11.1 Å². The number of nitrogens with zero attached hydrogens (tertiary/aromatic N) is 4. The molecule has 1 aromatic heterocycles. The summed E-state index contributed by atoms with van der Waals surface area (Å²) in [5.41, 5.74) is 4.12. The molecule has 31 heavy (non-hydrogen) atoms. The highest BCUT2D eigenvalue weighted by Crippen LogP contribution is 2.39. The van der Waals surface area contributed by atoms with Gasteiger partial charge in [0.25, 0.3) is 0 Å². The molecule has 0 fully saturated rings. The van der Waals surface area contributed by atoms with Crippen molar-refractivity contribution in [3.05, 3.63) is 76.5 Å². The van der Waals surface area contributed by atoms with Gasteiger partial charge in [-0.25, -0.2) is 4.79 Å². The summed E-state index contributed by atoms with van der Waals surface area (Å²) in [7, 11) is 0. The molecule has 2 aromatic carbocycles. The zero-order valence-electron chi connectivity index (χ0n) is 18.0. The number of tetrazole rings is 1. The van der Waals surface area contributed by atoms with Crippen LogP contribution in [0.15, 0.2) is 59.8 Å². The number of rotatable bonds is 6. The van der Waals surface area contributed by atoms with Crippen LogP contribution in [-0.4, -0.2) is 32.3 Å². The van der Waals surface area contributed by atoms with Gasteiger partial charge < -0.3 is 14.8 Å². The van der Waals surface area contributed by atoms with Crippen LogP contribution in [0.3, 0.4) is 0 Å². The number of aromatic nitrogens is 4. The number of hydrogen-bond donors (Lipinski definition) is 1. The van der Waals surface area contributed by atoms with Crippen LogP contribution in [0.2, 0.25) is 0 Å². The molecule has 0 saturated heterocycles. The number of esters is 1. The molecule has 1 aliphatic rings. The maximum atomic E-state index is 13.0. The summed E-state index contributed by atoms with van der Waals surface area (Å²) < 4.78 is 13.3. The molecule has 160 valence electrons. The number of fused-ring (bicyclic) bond motifs is 1. The molecule has 1 unspecified atom stereocenters. The Morgan fingerprint density at radius 1 is 1.13 bits per heavy atom. The van der Waals surface area contributed by atoms with Crippen molar-refractivity contribution >= 4 is 11.9 Å². The lowest BCUT2D eigenvalue weighted by atomic mass is 9.95. The van der Waals surface area contributed by atoms with Crippen molar-refractivity contribution in [2.75, 3.05) is 5.32 Å². The van der Waals surface area contributed by atoms with Crippen LogP contribution in [0.1, 0.15) is 43.5 Å². The fourth-order valence-electron chi connectivity index (χ4n) is 3.53. The highest BCUT2D eigenvalue weighted by Gasteiger charge is 2.36. The molecule has 0 bridgehead atoms. The first-order valence-corrected chi connectivity index (χ1v) is 10.2. The number of carbonyl (C=O) groups excluding carboxylic acids is 1. The van der Waals surface area contributed by atoms with Crippen LogP contribution >= 0.6 is 0 Å². The van der Waals surface area contributed by atoms with Crippen LogP contribution in [0.4, 0.5) is 5.95 Å². The predicted octanol–water partition coefficient (Wildman–Crippen LogP) is 3.80. The van der Waals surface area contributed by atoms with Gasteiger partial charge in [0, 0.05) is 11.3 Å². The van der Waals surface area contributed by atoms with Gasteiger partial charge in [0.05, 0.1) is 11.7 Å². The van der Waals surface area contributed by atoms with E-state index in [9.17, 15) is 4.79 Å². The number of hydrogen-bond acceptors (Lipinski definition) is 7. The van der Waals surface area contributed by atoms with Crippen LogP contribution in [0.25, 0.3) is 0 Å². The Morgan fingerprint density at radius 3 is 2.61 bits per heavy atom. The number of benzene rings is 2. The maximum absolute atomic E-state index is 13.0. The number of anilines is 1. The molecule has 0 amide bonds. The Hall–Kier alpha value is -3.68. The highest BCUT2D eigenvalue weighted by molar-refractivity contribution is 5.92. The van der Waals surface area contributed by atoms with Gasteiger partial charge in [0.1, 0.15) is 18.4 Å². The molecule has 1 N–H and O–H groups in total. The lowest BCUT2D eigenvalue weighted by Crippen LogP contribution is -2.31. The van der Waals surface area contributed by atoms with Crippen molar-refractivity contribution in [2.45, 2.75) is 46.4 Å². The third-order valence-electron chi connectivity index (χ3n) is 5.01. The number of nitrogens with one attached hydrogen (secondary N) is 1. The van der Waals surface area contributed by atoms with Gasteiger partial charge >= 0.3 is 5.97 Å². The van der Waals surface area contributed by atoms with Crippen LogP contribution in [-0.2, 0) is 16.1 Å². The molecular weight excluding hydrogens is 394 g/mol. The molecule has 0 spiro atoms. The Bertz CT molecular complexity index is 1120. The molecule has 8 heteroatoms. The molecule has 0 aliphatic carbocycles. The first kappa shape index (κ1) is 20.6. The molecule has 8 nitrogen and oxygen atoms in total. The molecule has 4 rings (SSSR count). The van der Waals surface area contributed by atoms with Gasteiger partial charge in [-0.05, 0) is 49.8 Å². The number of para-hydroxylation sites is 1.